The minimum Gasteiger partial charge on any atom is -0.497 e. The second-order valence-electron chi connectivity index (χ2n) is 5.97. The first-order valence-electron chi connectivity index (χ1n) is 8.25. The fraction of sp³-hybridized carbons (Fsp3) is 0.300. The van der Waals surface area contributed by atoms with Gasteiger partial charge >= 0.3 is 0 Å². The highest BCUT2D eigenvalue weighted by atomic mass is 16.5. The Morgan fingerprint density at radius 3 is 2.42 bits per heavy atom. The van der Waals surface area contributed by atoms with Gasteiger partial charge in [-0.15, -0.1) is 0 Å². The number of ketones is 1. The van der Waals surface area contributed by atoms with Crippen LogP contribution in [0.25, 0.3) is 0 Å². The highest BCUT2D eigenvalue weighted by Gasteiger charge is 2.33. The number of methoxy groups -OCH3 is 1. The van der Waals surface area contributed by atoms with Gasteiger partial charge in [0.25, 0.3) is 0 Å². The Bertz CT molecular complexity index is 709. The monoisotopic (exact) mass is 323 g/mol. The molecule has 0 spiro atoms. The molecule has 0 bridgehead atoms. The molecule has 124 valence electrons. The minimum atomic E-state index is -0.600. The molecule has 1 aliphatic rings. The van der Waals surface area contributed by atoms with Gasteiger partial charge in [0.05, 0.1) is 7.11 Å². The van der Waals surface area contributed by atoms with Crippen molar-refractivity contribution in [3.63, 3.8) is 0 Å². The lowest BCUT2D eigenvalue weighted by atomic mass is 9.92. The first-order chi connectivity index (χ1) is 11.7. The number of rotatable bonds is 4. The van der Waals surface area contributed by atoms with E-state index in [1.807, 2.05) is 42.5 Å². The predicted molar refractivity (Wildman–Crippen MR) is 93.5 cm³/mol. The lowest BCUT2D eigenvalue weighted by molar-refractivity contribution is -0.120. The van der Waals surface area contributed by atoms with Crippen LogP contribution in [0.15, 0.2) is 54.6 Å². The smallest absolute Gasteiger partial charge is 0.237 e. The molecule has 1 amide bonds. The van der Waals surface area contributed by atoms with E-state index in [9.17, 15) is 9.59 Å². The van der Waals surface area contributed by atoms with Crippen LogP contribution in [0.5, 0.6) is 5.75 Å². The molecule has 0 radical (unpaired) electrons. The fourth-order valence-electron chi connectivity index (χ4n) is 3.11. The quantitative estimate of drug-likeness (QED) is 0.636. The van der Waals surface area contributed by atoms with Crippen LogP contribution in [0.4, 0.5) is 5.69 Å². The van der Waals surface area contributed by atoms with Crippen molar-refractivity contribution in [2.75, 3.05) is 18.6 Å². The number of carbonyl (C=O) groups is 2. The Morgan fingerprint density at radius 2 is 1.75 bits per heavy atom. The van der Waals surface area contributed by atoms with Crippen LogP contribution in [0.1, 0.15) is 29.6 Å². The van der Waals surface area contributed by atoms with Crippen molar-refractivity contribution in [1.29, 1.82) is 0 Å². The second-order valence-corrected chi connectivity index (χ2v) is 5.97. The van der Waals surface area contributed by atoms with E-state index in [1.54, 1.807) is 24.1 Å². The molecule has 1 atom stereocenters. The van der Waals surface area contributed by atoms with Crippen LogP contribution >= 0.6 is 0 Å². The van der Waals surface area contributed by atoms with Gasteiger partial charge in [0.2, 0.25) is 5.91 Å². The summed E-state index contributed by atoms with van der Waals surface area (Å²) in [7, 11) is 1.61. The molecule has 24 heavy (non-hydrogen) atoms. The minimum absolute atomic E-state index is 0.0824. The SMILES string of the molecule is COc1ccc(N2CCCCC(C(=O)c3ccccc3)C2=O)cc1. The van der Waals surface area contributed by atoms with Gasteiger partial charge in [0, 0.05) is 17.8 Å². The molecule has 1 fully saturated rings. The van der Waals surface area contributed by atoms with E-state index in [0.717, 1.165) is 24.3 Å². The Morgan fingerprint density at radius 1 is 1.04 bits per heavy atom. The molecule has 1 aliphatic heterocycles. The van der Waals surface area contributed by atoms with Crippen molar-refractivity contribution in [3.8, 4) is 5.75 Å². The predicted octanol–water partition coefficient (Wildman–Crippen LogP) is 3.71. The van der Waals surface area contributed by atoms with Crippen molar-refractivity contribution < 1.29 is 14.3 Å². The summed E-state index contributed by atoms with van der Waals surface area (Å²) in [6, 6.07) is 16.5. The van der Waals surface area contributed by atoms with Crippen LogP contribution < -0.4 is 9.64 Å². The summed E-state index contributed by atoms with van der Waals surface area (Å²) in [5, 5.41) is 0. The lowest BCUT2D eigenvalue weighted by Crippen LogP contribution is -2.38. The maximum Gasteiger partial charge on any atom is 0.237 e. The summed E-state index contributed by atoms with van der Waals surface area (Å²) < 4.78 is 5.17. The zero-order valence-corrected chi connectivity index (χ0v) is 13.8. The van der Waals surface area contributed by atoms with E-state index in [4.69, 9.17) is 4.74 Å². The molecule has 4 heteroatoms. The number of Topliss-reactive ketones (excluding diaryl/α,β-unsaturated/α-hetero) is 1. The maximum absolute atomic E-state index is 13.0. The number of hydrogen-bond acceptors (Lipinski definition) is 3. The Labute approximate surface area is 142 Å². The summed E-state index contributed by atoms with van der Waals surface area (Å²) in [6.07, 6.45) is 2.39. The van der Waals surface area contributed by atoms with Crippen molar-refractivity contribution in [1.82, 2.24) is 0 Å². The van der Waals surface area contributed by atoms with Gasteiger partial charge in [-0.05, 0) is 37.1 Å². The largest absolute Gasteiger partial charge is 0.497 e. The summed E-state index contributed by atoms with van der Waals surface area (Å²) in [4.78, 5) is 27.5. The maximum atomic E-state index is 13.0. The number of benzene rings is 2. The van der Waals surface area contributed by atoms with Crippen LogP contribution in [0, 0.1) is 5.92 Å². The van der Waals surface area contributed by atoms with Crippen molar-refractivity contribution in [2.45, 2.75) is 19.3 Å². The molecule has 0 aromatic heterocycles. The molecule has 3 rings (SSSR count). The van der Waals surface area contributed by atoms with Crippen LogP contribution in [-0.2, 0) is 4.79 Å². The highest BCUT2D eigenvalue weighted by molar-refractivity contribution is 6.14. The van der Waals surface area contributed by atoms with Crippen molar-refractivity contribution >= 4 is 17.4 Å². The number of ether oxygens (including phenoxy) is 1. The van der Waals surface area contributed by atoms with Crippen molar-refractivity contribution in [3.05, 3.63) is 60.2 Å². The topological polar surface area (TPSA) is 46.6 Å². The Balaban J connectivity index is 1.86. The molecule has 0 aliphatic carbocycles. The third-order valence-electron chi connectivity index (χ3n) is 4.45. The first kappa shape index (κ1) is 16.2. The van der Waals surface area contributed by atoms with E-state index in [2.05, 4.69) is 0 Å². The zero-order valence-electron chi connectivity index (χ0n) is 13.8. The number of anilines is 1. The van der Waals surface area contributed by atoms with Crippen LogP contribution in [-0.4, -0.2) is 25.3 Å². The number of amides is 1. The van der Waals surface area contributed by atoms with E-state index in [1.165, 1.54) is 0 Å². The lowest BCUT2D eigenvalue weighted by Gasteiger charge is -2.24. The molecule has 1 saturated heterocycles. The standard InChI is InChI=1S/C20H21NO3/c1-24-17-12-10-16(11-13-17)21-14-6-5-9-18(20(21)23)19(22)15-7-3-2-4-8-15/h2-4,7-8,10-13,18H,5-6,9,14H2,1H3. The molecule has 1 heterocycles. The molecular weight excluding hydrogens is 302 g/mol. The molecular formula is C20H21NO3. The van der Waals surface area contributed by atoms with Gasteiger partial charge < -0.3 is 9.64 Å². The van der Waals surface area contributed by atoms with Gasteiger partial charge in [-0.1, -0.05) is 36.8 Å². The summed E-state index contributed by atoms with van der Waals surface area (Å²) >= 11 is 0. The van der Waals surface area contributed by atoms with E-state index < -0.39 is 5.92 Å². The Kier molecular flexibility index (Phi) is 4.94. The first-order valence-corrected chi connectivity index (χ1v) is 8.25. The fourth-order valence-corrected chi connectivity index (χ4v) is 3.11. The molecule has 0 N–H and O–H groups in total. The van der Waals surface area contributed by atoms with E-state index >= 15 is 0 Å². The molecule has 4 nitrogen and oxygen atoms in total. The zero-order chi connectivity index (χ0) is 16.9. The number of carbonyl (C=O) groups excluding carboxylic acids is 2. The van der Waals surface area contributed by atoms with Crippen LogP contribution in [0.2, 0.25) is 0 Å². The number of nitrogens with zero attached hydrogens (tertiary/aromatic N) is 1. The Hall–Kier alpha value is -2.62. The van der Waals surface area contributed by atoms with Crippen LogP contribution in [0.3, 0.4) is 0 Å². The average Bonchev–Trinajstić information content (AvgIpc) is 2.83. The van der Waals surface area contributed by atoms with Gasteiger partial charge in [-0.3, -0.25) is 9.59 Å². The van der Waals surface area contributed by atoms with Gasteiger partial charge in [-0.2, -0.15) is 0 Å². The molecule has 1 unspecified atom stereocenters. The normalized spacial score (nSPS) is 18.1. The van der Waals surface area contributed by atoms with Gasteiger partial charge in [0.1, 0.15) is 11.7 Å². The molecule has 0 saturated carbocycles. The third kappa shape index (κ3) is 3.32. The van der Waals surface area contributed by atoms with Gasteiger partial charge in [0.15, 0.2) is 5.78 Å². The second kappa shape index (κ2) is 7.30. The van der Waals surface area contributed by atoms with E-state index in [-0.39, 0.29) is 11.7 Å². The molecule has 2 aromatic carbocycles. The molecule has 2 aromatic rings. The summed E-state index contributed by atoms with van der Waals surface area (Å²) in [5.41, 5.74) is 1.42. The van der Waals surface area contributed by atoms with E-state index in [0.29, 0.717) is 18.5 Å². The van der Waals surface area contributed by atoms with Gasteiger partial charge in [-0.25, -0.2) is 0 Å². The summed E-state index contributed by atoms with van der Waals surface area (Å²) in [5.74, 6) is -0.0394. The summed E-state index contributed by atoms with van der Waals surface area (Å²) in [6.45, 7) is 0.643. The van der Waals surface area contributed by atoms with Crippen molar-refractivity contribution in [2.24, 2.45) is 5.92 Å². The highest BCUT2D eigenvalue weighted by Crippen LogP contribution is 2.27. The number of hydrogen-bond donors (Lipinski definition) is 0. The average molecular weight is 323 g/mol. The third-order valence-corrected chi connectivity index (χ3v) is 4.45.